The topological polar surface area (TPSA) is 41.6 Å². The van der Waals surface area contributed by atoms with E-state index in [4.69, 9.17) is 4.74 Å². The molecule has 4 heteroatoms. The van der Waals surface area contributed by atoms with Gasteiger partial charge in [-0.15, -0.1) is 0 Å². The predicted octanol–water partition coefficient (Wildman–Crippen LogP) is 1.65. The molecule has 0 aromatic heterocycles. The van der Waals surface area contributed by atoms with Crippen molar-refractivity contribution in [1.82, 2.24) is 10.2 Å². The number of hydrogen-bond acceptors (Lipinski definition) is 3. The lowest BCUT2D eigenvalue weighted by Gasteiger charge is -2.35. The molecule has 0 aromatic rings. The van der Waals surface area contributed by atoms with Crippen LogP contribution in [0.25, 0.3) is 0 Å². The van der Waals surface area contributed by atoms with Crippen molar-refractivity contribution in [2.75, 3.05) is 26.2 Å². The minimum Gasteiger partial charge on any atom is -0.378 e. The molecule has 0 spiro atoms. The fraction of sp³-hybridized carbons (Fsp3) is 0.933. The molecule has 0 bridgehead atoms. The van der Waals surface area contributed by atoms with E-state index in [0.29, 0.717) is 17.9 Å². The first-order valence-electron chi connectivity index (χ1n) is 7.71. The monoisotopic (exact) mass is 268 g/mol. The Hall–Kier alpha value is -0.610. The van der Waals surface area contributed by atoms with Gasteiger partial charge in [0, 0.05) is 25.7 Å². The van der Waals surface area contributed by atoms with Crippen LogP contribution in [-0.2, 0) is 9.53 Å². The van der Waals surface area contributed by atoms with Crippen LogP contribution in [-0.4, -0.2) is 49.2 Å². The normalized spacial score (nSPS) is 32.0. The number of carbonyl (C=O) groups excluding carboxylic acids is 1. The number of nitrogens with zero attached hydrogens (tertiary/aromatic N) is 1. The summed E-state index contributed by atoms with van der Waals surface area (Å²) in [6.45, 7) is 9.98. The molecule has 19 heavy (non-hydrogen) atoms. The van der Waals surface area contributed by atoms with Crippen molar-refractivity contribution in [3.05, 3.63) is 0 Å². The van der Waals surface area contributed by atoms with Gasteiger partial charge in [0.2, 0.25) is 5.91 Å². The van der Waals surface area contributed by atoms with E-state index in [1.807, 2.05) is 6.92 Å². The molecule has 3 atom stereocenters. The highest BCUT2D eigenvalue weighted by atomic mass is 16.5. The largest absolute Gasteiger partial charge is 0.378 e. The fourth-order valence-electron chi connectivity index (χ4n) is 3.12. The van der Waals surface area contributed by atoms with E-state index < -0.39 is 0 Å². The maximum Gasteiger partial charge on any atom is 0.228 e. The lowest BCUT2D eigenvalue weighted by molar-refractivity contribution is -0.138. The molecule has 3 unspecified atom stereocenters. The second kappa shape index (κ2) is 6.71. The number of hydrogen-bond donors (Lipinski definition) is 1. The summed E-state index contributed by atoms with van der Waals surface area (Å²) in [5.74, 6) is 1.02. The summed E-state index contributed by atoms with van der Waals surface area (Å²) in [7, 11) is 0. The number of likely N-dealkylation sites (tertiary alicyclic amines) is 1. The first kappa shape index (κ1) is 14.8. The van der Waals surface area contributed by atoms with Gasteiger partial charge in [-0.3, -0.25) is 4.79 Å². The van der Waals surface area contributed by atoms with E-state index in [1.165, 1.54) is 6.42 Å². The summed E-state index contributed by atoms with van der Waals surface area (Å²) in [6.07, 6.45) is 3.37. The van der Waals surface area contributed by atoms with Crippen LogP contribution in [0, 0.1) is 11.8 Å². The fourth-order valence-corrected chi connectivity index (χ4v) is 3.12. The molecule has 2 saturated heterocycles. The van der Waals surface area contributed by atoms with Crippen molar-refractivity contribution in [2.24, 2.45) is 11.8 Å². The molecular formula is C15H28N2O2. The third kappa shape index (κ3) is 3.93. The van der Waals surface area contributed by atoms with E-state index in [2.05, 4.69) is 24.1 Å². The number of carbonyl (C=O) groups is 1. The Morgan fingerprint density at radius 1 is 1.42 bits per heavy atom. The van der Waals surface area contributed by atoms with E-state index in [9.17, 15) is 4.79 Å². The minimum atomic E-state index is 0.0943. The van der Waals surface area contributed by atoms with Crippen LogP contribution in [0.4, 0.5) is 0 Å². The van der Waals surface area contributed by atoms with E-state index >= 15 is 0 Å². The Labute approximate surface area is 116 Å². The molecule has 2 aliphatic heterocycles. The quantitative estimate of drug-likeness (QED) is 0.843. The molecule has 0 aliphatic carbocycles. The molecular weight excluding hydrogens is 240 g/mol. The van der Waals surface area contributed by atoms with Crippen LogP contribution >= 0.6 is 0 Å². The Morgan fingerprint density at radius 3 is 2.84 bits per heavy atom. The average Bonchev–Trinajstić information content (AvgIpc) is 2.82. The molecule has 1 amide bonds. The van der Waals surface area contributed by atoms with Gasteiger partial charge in [0.1, 0.15) is 0 Å². The first-order valence-corrected chi connectivity index (χ1v) is 7.71. The summed E-state index contributed by atoms with van der Waals surface area (Å²) < 4.78 is 5.52. The lowest BCUT2D eigenvalue weighted by Crippen LogP contribution is -2.46. The van der Waals surface area contributed by atoms with Crippen molar-refractivity contribution >= 4 is 5.91 Å². The maximum absolute atomic E-state index is 12.5. The second-order valence-corrected chi connectivity index (χ2v) is 6.33. The molecule has 1 N–H and O–H groups in total. The maximum atomic E-state index is 12.5. The summed E-state index contributed by atoms with van der Waals surface area (Å²) in [6, 6.07) is 0.523. The van der Waals surface area contributed by atoms with Crippen molar-refractivity contribution in [3.63, 3.8) is 0 Å². The molecule has 2 heterocycles. The average molecular weight is 268 g/mol. The van der Waals surface area contributed by atoms with Crippen LogP contribution in [0.3, 0.4) is 0 Å². The van der Waals surface area contributed by atoms with Gasteiger partial charge >= 0.3 is 0 Å². The zero-order valence-corrected chi connectivity index (χ0v) is 12.5. The molecule has 0 saturated carbocycles. The standard InChI is InChI=1S/C15H28N2O2/c1-11(2)16-9-13-5-4-7-17(10-13)15(18)14-6-8-19-12(14)3/h11-14,16H,4-10H2,1-3H3. The van der Waals surface area contributed by atoms with Crippen molar-refractivity contribution in [1.29, 1.82) is 0 Å². The second-order valence-electron chi connectivity index (χ2n) is 6.33. The van der Waals surface area contributed by atoms with Crippen LogP contribution in [0.1, 0.15) is 40.0 Å². The third-order valence-electron chi connectivity index (χ3n) is 4.34. The van der Waals surface area contributed by atoms with Gasteiger partial charge in [0.15, 0.2) is 0 Å². The smallest absolute Gasteiger partial charge is 0.228 e. The summed E-state index contributed by atoms with van der Waals surface area (Å²) >= 11 is 0. The van der Waals surface area contributed by atoms with Crippen molar-refractivity contribution in [3.8, 4) is 0 Å². The van der Waals surface area contributed by atoms with Crippen molar-refractivity contribution in [2.45, 2.75) is 52.2 Å². The zero-order valence-electron chi connectivity index (χ0n) is 12.5. The van der Waals surface area contributed by atoms with E-state index in [0.717, 1.165) is 39.1 Å². The van der Waals surface area contributed by atoms with Gasteiger partial charge in [-0.1, -0.05) is 13.8 Å². The van der Waals surface area contributed by atoms with Gasteiger partial charge in [0.05, 0.1) is 12.0 Å². The van der Waals surface area contributed by atoms with Gasteiger partial charge in [-0.25, -0.2) is 0 Å². The minimum absolute atomic E-state index is 0.0943. The van der Waals surface area contributed by atoms with E-state index in [-0.39, 0.29) is 12.0 Å². The SMILES string of the molecule is CC(C)NCC1CCCN(C(=O)C2CCOC2C)C1. The third-order valence-corrected chi connectivity index (χ3v) is 4.34. The first-order chi connectivity index (χ1) is 9.08. The molecule has 2 rings (SSSR count). The summed E-state index contributed by atoms with van der Waals surface area (Å²) in [4.78, 5) is 14.6. The Kier molecular flexibility index (Phi) is 5.22. The predicted molar refractivity (Wildman–Crippen MR) is 76.0 cm³/mol. The van der Waals surface area contributed by atoms with Crippen LogP contribution < -0.4 is 5.32 Å². The Morgan fingerprint density at radius 2 is 2.21 bits per heavy atom. The van der Waals surface area contributed by atoms with Gasteiger partial charge in [0.25, 0.3) is 0 Å². The van der Waals surface area contributed by atoms with Gasteiger partial charge in [-0.2, -0.15) is 0 Å². The molecule has 2 fully saturated rings. The lowest BCUT2D eigenvalue weighted by atomic mass is 9.94. The highest BCUT2D eigenvalue weighted by Crippen LogP contribution is 2.25. The van der Waals surface area contributed by atoms with E-state index in [1.54, 1.807) is 0 Å². The number of amides is 1. The van der Waals surface area contributed by atoms with Gasteiger partial charge in [-0.05, 0) is 38.6 Å². The zero-order chi connectivity index (χ0) is 13.8. The number of ether oxygens (including phenoxy) is 1. The highest BCUT2D eigenvalue weighted by molar-refractivity contribution is 5.79. The number of piperidine rings is 1. The molecule has 110 valence electrons. The number of rotatable bonds is 4. The number of nitrogens with one attached hydrogen (secondary N) is 1. The molecule has 0 radical (unpaired) electrons. The van der Waals surface area contributed by atoms with Crippen LogP contribution in [0.5, 0.6) is 0 Å². The summed E-state index contributed by atoms with van der Waals surface area (Å²) in [5.41, 5.74) is 0. The molecule has 4 nitrogen and oxygen atoms in total. The Balaban J connectivity index is 1.84. The molecule has 2 aliphatic rings. The molecule has 0 aromatic carbocycles. The summed E-state index contributed by atoms with van der Waals surface area (Å²) in [5, 5.41) is 3.49. The Bertz CT molecular complexity index is 307. The van der Waals surface area contributed by atoms with Gasteiger partial charge < -0.3 is 15.0 Å². The van der Waals surface area contributed by atoms with Crippen LogP contribution in [0.2, 0.25) is 0 Å². The van der Waals surface area contributed by atoms with Crippen molar-refractivity contribution < 1.29 is 9.53 Å². The highest BCUT2D eigenvalue weighted by Gasteiger charge is 2.35. The van der Waals surface area contributed by atoms with Crippen LogP contribution in [0.15, 0.2) is 0 Å².